The molecule has 1 aliphatic rings. The summed E-state index contributed by atoms with van der Waals surface area (Å²) in [6.07, 6.45) is 0. The molecule has 0 saturated heterocycles. The van der Waals surface area contributed by atoms with Gasteiger partial charge in [-0.1, -0.05) is 43.7 Å². The fourth-order valence-electron chi connectivity index (χ4n) is 3.66. The van der Waals surface area contributed by atoms with E-state index < -0.39 is 6.04 Å². The van der Waals surface area contributed by atoms with Crippen LogP contribution >= 0.6 is 12.2 Å². The summed E-state index contributed by atoms with van der Waals surface area (Å²) in [5.41, 5.74) is 4.55. The van der Waals surface area contributed by atoms with Gasteiger partial charge in [-0.2, -0.15) is 0 Å². The number of rotatable bonds is 7. The minimum absolute atomic E-state index is 0.174. The first kappa shape index (κ1) is 24.5. The van der Waals surface area contributed by atoms with E-state index in [1.807, 2.05) is 75.9 Å². The number of carbonyl (C=O) groups excluding carboxylic acids is 2. The number of thiocarbonyl (C=S) groups is 1. The number of allylic oxidation sites excluding steroid dienone is 1. The van der Waals surface area contributed by atoms with Crippen LogP contribution in [0.15, 0.2) is 59.8 Å². The second kappa shape index (κ2) is 10.6. The van der Waals surface area contributed by atoms with E-state index in [0.717, 1.165) is 16.8 Å². The topological polar surface area (TPSA) is 70.7 Å². The Morgan fingerprint density at radius 1 is 1.09 bits per heavy atom. The highest BCUT2D eigenvalue weighted by Crippen LogP contribution is 2.32. The van der Waals surface area contributed by atoms with Gasteiger partial charge in [0, 0.05) is 23.5 Å². The number of benzene rings is 2. The first-order chi connectivity index (χ1) is 15.7. The molecule has 33 heavy (non-hydrogen) atoms. The van der Waals surface area contributed by atoms with Crippen molar-refractivity contribution >= 4 is 34.9 Å². The van der Waals surface area contributed by atoms with Crippen molar-refractivity contribution in [1.29, 1.82) is 0 Å². The van der Waals surface area contributed by atoms with Gasteiger partial charge >= 0.3 is 5.97 Å². The van der Waals surface area contributed by atoms with Crippen LogP contribution in [0.5, 0.6) is 0 Å². The molecule has 0 saturated carbocycles. The van der Waals surface area contributed by atoms with Crippen molar-refractivity contribution in [2.75, 3.05) is 18.5 Å². The van der Waals surface area contributed by atoms with Crippen molar-refractivity contribution in [1.82, 2.24) is 10.2 Å². The number of hydrogen-bond acceptors (Lipinski definition) is 4. The van der Waals surface area contributed by atoms with E-state index in [-0.39, 0.29) is 17.8 Å². The molecule has 1 atom stereocenters. The number of anilines is 1. The van der Waals surface area contributed by atoms with Gasteiger partial charge in [0.25, 0.3) is 5.91 Å². The summed E-state index contributed by atoms with van der Waals surface area (Å²) in [5.74, 6) is -0.284. The van der Waals surface area contributed by atoms with Crippen molar-refractivity contribution in [2.24, 2.45) is 5.92 Å². The maximum Gasteiger partial charge on any atom is 0.338 e. The molecule has 0 bridgehead atoms. The number of amides is 1. The molecule has 2 N–H and O–H groups in total. The van der Waals surface area contributed by atoms with Crippen molar-refractivity contribution in [2.45, 2.75) is 40.7 Å². The normalized spacial score (nSPS) is 16.0. The Labute approximate surface area is 201 Å². The molecule has 0 fully saturated rings. The van der Waals surface area contributed by atoms with E-state index in [2.05, 4.69) is 10.6 Å². The van der Waals surface area contributed by atoms with E-state index >= 15 is 0 Å². The summed E-state index contributed by atoms with van der Waals surface area (Å²) in [6, 6.07) is 14.4. The number of hydrogen-bond donors (Lipinski definition) is 2. The van der Waals surface area contributed by atoms with Crippen LogP contribution in [-0.4, -0.2) is 35.0 Å². The molecule has 1 amide bonds. The van der Waals surface area contributed by atoms with E-state index in [9.17, 15) is 9.59 Å². The minimum atomic E-state index is -0.429. The quantitative estimate of drug-likeness (QED) is 0.444. The molecule has 2 aromatic rings. The highest BCUT2D eigenvalue weighted by molar-refractivity contribution is 7.80. The zero-order valence-electron chi connectivity index (χ0n) is 19.8. The molecule has 0 aromatic heterocycles. The van der Waals surface area contributed by atoms with Crippen LogP contribution in [0, 0.1) is 12.8 Å². The Bertz CT molecular complexity index is 1060. The lowest BCUT2D eigenvalue weighted by Gasteiger charge is -2.37. The highest BCUT2D eigenvalue weighted by Gasteiger charge is 2.34. The van der Waals surface area contributed by atoms with Gasteiger partial charge in [0.1, 0.15) is 0 Å². The summed E-state index contributed by atoms with van der Waals surface area (Å²) in [5, 5.41) is 6.76. The van der Waals surface area contributed by atoms with Gasteiger partial charge in [0.15, 0.2) is 5.11 Å². The first-order valence-corrected chi connectivity index (χ1v) is 11.6. The smallest absolute Gasteiger partial charge is 0.338 e. The lowest BCUT2D eigenvalue weighted by molar-refractivity contribution is -0.140. The number of ether oxygens (including phenoxy) is 1. The summed E-state index contributed by atoms with van der Waals surface area (Å²) in [6.45, 7) is 10.9. The zero-order chi connectivity index (χ0) is 24.1. The zero-order valence-corrected chi connectivity index (χ0v) is 20.6. The maximum atomic E-state index is 13.0. The van der Waals surface area contributed by atoms with Crippen LogP contribution in [-0.2, 0) is 9.53 Å². The standard InChI is InChI=1S/C26H31N3O3S/c1-6-29-18(5)22(25(31)32-15-16(2)3)23(28-26(29)33)19-11-13-21(14-12-19)27-24(30)20-9-7-17(4)8-10-20/h7-14,16,23H,6,15H2,1-5H3,(H,27,30)(H,28,33)/t23-/m1/s1. The van der Waals surface area contributed by atoms with Crippen LogP contribution in [0.25, 0.3) is 0 Å². The second-order valence-corrected chi connectivity index (χ2v) is 8.95. The fourth-order valence-corrected chi connectivity index (χ4v) is 4.05. The molecule has 1 aliphatic heterocycles. The fraction of sp³-hybridized carbons (Fsp3) is 0.346. The number of aryl methyl sites for hydroxylation is 1. The van der Waals surface area contributed by atoms with E-state index in [4.69, 9.17) is 17.0 Å². The monoisotopic (exact) mass is 465 g/mol. The molecule has 2 aromatic carbocycles. The SMILES string of the molecule is CCN1C(=S)N[C@H](c2ccc(NC(=O)c3ccc(C)cc3)cc2)C(C(=O)OCC(C)C)=C1C. The third-order valence-corrected chi connectivity index (χ3v) is 5.83. The average molecular weight is 466 g/mol. The Balaban J connectivity index is 1.84. The molecule has 7 heteroatoms. The van der Waals surface area contributed by atoms with Crippen LogP contribution in [0.4, 0.5) is 5.69 Å². The van der Waals surface area contributed by atoms with Gasteiger partial charge in [-0.05, 0) is 68.7 Å². The molecule has 1 heterocycles. The van der Waals surface area contributed by atoms with Crippen LogP contribution in [0.3, 0.4) is 0 Å². The lowest BCUT2D eigenvalue weighted by Crippen LogP contribution is -2.47. The van der Waals surface area contributed by atoms with Gasteiger partial charge in [-0.15, -0.1) is 0 Å². The molecule has 3 rings (SSSR count). The predicted molar refractivity (Wildman–Crippen MR) is 135 cm³/mol. The number of esters is 1. The molecule has 174 valence electrons. The predicted octanol–water partition coefficient (Wildman–Crippen LogP) is 4.97. The molecule has 0 radical (unpaired) electrons. The van der Waals surface area contributed by atoms with Gasteiger partial charge in [-0.25, -0.2) is 4.79 Å². The number of nitrogens with one attached hydrogen (secondary N) is 2. The Morgan fingerprint density at radius 3 is 2.30 bits per heavy atom. The molecule has 0 spiro atoms. The van der Waals surface area contributed by atoms with E-state index in [0.29, 0.717) is 35.1 Å². The van der Waals surface area contributed by atoms with Gasteiger partial charge in [-0.3, -0.25) is 4.79 Å². The van der Waals surface area contributed by atoms with Crippen LogP contribution in [0.1, 0.15) is 55.2 Å². The van der Waals surface area contributed by atoms with Gasteiger partial charge in [0.2, 0.25) is 0 Å². The van der Waals surface area contributed by atoms with E-state index in [1.54, 1.807) is 12.1 Å². The largest absolute Gasteiger partial charge is 0.462 e. The summed E-state index contributed by atoms with van der Waals surface area (Å²) >= 11 is 5.54. The first-order valence-electron chi connectivity index (χ1n) is 11.1. The van der Waals surface area contributed by atoms with Crippen molar-refractivity contribution in [3.05, 3.63) is 76.5 Å². The third-order valence-electron chi connectivity index (χ3n) is 5.50. The highest BCUT2D eigenvalue weighted by atomic mass is 32.1. The van der Waals surface area contributed by atoms with Gasteiger partial charge in [0.05, 0.1) is 18.2 Å². The average Bonchev–Trinajstić information content (AvgIpc) is 2.78. The van der Waals surface area contributed by atoms with Crippen molar-refractivity contribution in [3.8, 4) is 0 Å². The molecule has 0 aliphatic carbocycles. The summed E-state index contributed by atoms with van der Waals surface area (Å²) < 4.78 is 5.56. The van der Waals surface area contributed by atoms with Crippen LogP contribution in [0.2, 0.25) is 0 Å². The van der Waals surface area contributed by atoms with Crippen molar-refractivity contribution in [3.63, 3.8) is 0 Å². The van der Waals surface area contributed by atoms with Crippen LogP contribution < -0.4 is 10.6 Å². The Hall–Kier alpha value is -3.19. The molecular weight excluding hydrogens is 434 g/mol. The van der Waals surface area contributed by atoms with Crippen molar-refractivity contribution < 1.29 is 14.3 Å². The minimum Gasteiger partial charge on any atom is -0.462 e. The third kappa shape index (κ3) is 5.79. The Kier molecular flexibility index (Phi) is 7.87. The second-order valence-electron chi connectivity index (χ2n) is 8.56. The number of nitrogens with zero attached hydrogens (tertiary/aromatic N) is 1. The summed E-state index contributed by atoms with van der Waals surface area (Å²) in [7, 11) is 0. The van der Waals surface area contributed by atoms with E-state index in [1.165, 1.54) is 0 Å². The molecule has 6 nitrogen and oxygen atoms in total. The maximum absolute atomic E-state index is 13.0. The number of carbonyl (C=O) groups is 2. The molecular formula is C26H31N3O3S. The lowest BCUT2D eigenvalue weighted by atomic mass is 9.94. The Morgan fingerprint density at radius 2 is 1.73 bits per heavy atom. The summed E-state index contributed by atoms with van der Waals surface area (Å²) in [4.78, 5) is 27.4. The molecule has 0 unspecified atom stereocenters. The van der Waals surface area contributed by atoms with Gasteiger partial charge < -0.3 is 20.3 Å².